The Morgan fingerprint density at radius 2 is 1.41 bits per heavy atom. The van der Waals surface area contributed by atoms with Crippen molar-refractivity contribution in [3.63, 3.8) is 0 Å². The molecule has 2 N–H and O–H groups in total. The van der Waals surface area contributed by atoms with E-state index in [9.17, 15) is 4.79 Å². The summed E-state index contributed by atoms with van der Waals surface area (Å²) in [5.41, 5.74) is 4.72. The second-order valence-corrected chi connectivity index (χ2v) is 10.4. The number of likely N-dealkylation sites (tertiary alicyclic amines) is 1. The number of fused-ring (bicyclic) bond motifs is 1. The van der Waals surface area contributed by atoms with E-state index in [4.69, 9.17) is 29.3 Å². The molecule has 1 aromatic heterocycles. The number of methoxy groups -OCH3 is 1. The van der Waals surface area contributed by atoms with E-state index in [0.29, 0.717) is 19.4 Å². The van der Waals surface area contributed by atoms with Crippen LogP contribution in [0.15, 0.2) is 78.9 Å². The first-order valence-electron chi connectivity index (χ1n) is 14.6. The predicted octanol–water partition coefficient (Wildman–Crippen LogP) is 5.32. The molecule has 4 aromatic rings. The Labute approximate surface area is 256 Å². The Morgan fingerprint density at radius 3 is 2.05 bits per heavy atom. The summed E-state index contributed by atoms with van der Waals surface area (Å²) in [6.45, 7) is 5.37. The molecular weight excluding hydrogens is 564 g/mol. The van der Waals surface area contributed by atoms with E-state index in [-0.39, 0.29) is 5.97 Å². The fraction of sp³-hybridized carbons (Fsp3) is 0.324. The lowest BCUT2D eigenvalue weighted by atomic mass is 10.1. The lowest BCUT2D eigenvalue weighted by molar-refractivity contribution is -0.159. The maximum atomic E-state index is 11.3. The van der Waals surface area contributed by atoms with E-state index in [1.165, 1.54) is 49.5 Å². The van der Waals surface area contributed by atoms with Gasteiger partial charge in [0.25, 0.3) is 0 Å². The molecule has 3 aromatic carbocycles. The van der Waals surface area contributed by atoms with Crippen molar-refractivity contribution in [2.75, 3.05) is 40.0 Å². The Balaban J connectivity index is 0.000000670. The second kappa shape index (κ2) is 16.1. The summed E-state index contributed by atoms with van der Waals surface area (Å²) in [7, 11) is 1.40. The van der Waals surface area contributed by atoms with Crippen LogP contribution in [0.4, 0.5) is 0 Å². The van der Waals surface area contributed by atoms with Crippen LogP contribution in [0.2, 0.25) is 0 Å². The third kappa shape index (κ3) is 9.34. The number of carboxylic acids is 2. The van der Waals surface area contributed by atoms with Gasteiger partial charge >= 0.3 is 17.9 Å². The summed E-state index contributed by atoms with van der Waals surface area (Å²) >= 11 is 0. The highest BCUT2D eigenvalue weighted by atomic mass is 16.5. The average Bonchev–Trinajstić information content (AvgIpc) is 3.69. The van der Waals surface area contributed by atoms with Gasteiger partial charge in [0.05, 0.1) is 13.7 Å². The predicted molar refractivity (Wildman–Crippen MR) is 166 cm³/mol. The van der Waals surface area contributed by atoms with Gasteiger partial charge in [0.2, 0.25) is 0 Å². The van der Waals surface area contributed by atoms with Gasteiger partial charge in [0.15, 0.2) is 0 Å². The van der Waals surface area contributed by atoms with Gasteiger partial charge in [-0.2, -0.15) is 0 Å². The standard InChI is InChI=1S/C32H36N2O4.C2H2O4/c1-36-32(35)9-6-21-37-29-16-12-26(13-17-29)31-23-27-7-2-3-8-30(27)34(31)24-25-10-14-28(15-11-25)38-22-20-33-18-4-5-19-33;3-1(4)2(5)6/h2-3,7-8,10-17,23H,4-6,9,18-22,24H2,1H3;(H,3,4)(H,5,6). The molecule has 0 amide bonds. The molecule has 1 aliphatic heterocycles. The quantitative estimate of drug-likeness (QED) is 0.126. The topological polar surface area (TPSA) is 128 Å². The summed E-state index contributed by atoms with van der Waals surface area (Å²) in [5, 5.41) is 16.0. The first kappa shape index (κ1) is 32.1. The number of carboxylic acid groups (broad SMARTS) is 2. The number of carbonyl (C=O) groups excluding carboxylic acids is 1. The summed E-state index contributed by atoms with van der Waals surface area (Å²) in [6.07, 6.45) is 3.60. The number of aromatic nitrogens is 1. The van der Waals surface area contributed by atoms with Crippen molar-refractivity contribution in [2.24, 2.45) is 0 Å². The van der Waals surface area contributed by atoms with Gasteiger partial charge in [-0.1, -0.05) is 30.3 Å². The number of para-hydroxylation sites is 1. The molecule has 232 valence electrons. The van der Waals surface area contributed by atoms with Crippen LogP contribution in [0.5, 0.6) is 11.5 Å². The van der Waals surface area contributed by atoms with E-state index >= 15 is 0 Å². The molecule has 10 heteroatoms. The van der Waals surface area contributed by atoms with Crippen molar-refractivity contribution in [3.05, 3.63) is 84.4 Å². The van der Waals surface area contributed by atoms with Crippen LogP contribution in [-0.2, 0) is 25.7 Å². The van der Waals surface area contributed by atoms with Gasteiger partial charge in [-0.3, -0.25) is 9.69 Å². The molecule has 10 nitrogen and oxygen atoms in total. The molecule has 5 rings (SSSR count). The first-order chi connectivity index (χ1) is 21.3. The monoisotopic (exact) mass is 602 g/mol. The molecule has 0 saturated carbocycles. The fourth-order valence-electron chi connectivity index (χ4n) is 5.02. The van der Waals surface area contributed by atoms with Crippen molar-refractivity contribution in [2.45, 2.75) is 32.2 Å². The van der Waals surface area contributed by atoms with Crippen molar-refractivity contribution < 1.29 is 38.8 Å². The Hall–Kier alpha value is -4.83. The molecule has 44 heavy (non-hydrogen) atoms. The SMILES string of the molecule is COC(=O)CCCOc1ccc(-c2cc3ccccc3n2Cc2ccc(OCCN3CCCC3)cc2)cc1.O=C(O)C(=O)O. The minimum atomic E-state index is -1.82. The van der Waals surface area contributed by atoms with E-state index in [1.54, 1.807) is 0 Å². The maximum Gasteiger partial charge on any atom is 0.414 e. The van der Waals surface area contributed by atoms with Gasteiger partial charge in [0, 0.05) is 36.1 Å². The van der Waals surface area contributed by atoms with Gasteiger partial charge in [0.1, 0.15) is 18.1 Å². The highest BCUT2D eigenvalue weighted by molar-refractivity contribution is 6.27. The molecule has 1 aliphatic rings. The third-order valence-corrected chi connectivity index (χ3v) is 7.30. The van der Waals surface area contributed by atoms with Crippen LogP contribution in [-0.4, -0.2) is 77.5 Å². The lowest BCUT2D eigenvalue weighted by Gasteiger charge is -2.15. The van der Waals surface area contributed by atoms with Gasteiger partial charge in [-0.25, -0.2) is 9.59 Å². The van der Waals surface area contributed by atoms with Crippen LogP contribution in [0, 0.1) is 0 Å². The lowest BCUT2D eigenvalue weighted by Crippen LogP contribution is -2.25. The molecular formula is C34H38N2O8. The summed E-state index contributed by atoms with van der Waals surface area (Å²) in [5.74, 6) is -2.14. The molecule has 0 bridgehead atoms. The minimum Gasteiger partial charge on any atom is -0.494 e. The van der Waals surface area contributed by atoms with Gasteiger partial charge in [-0.15, -0.1) is 0 Å². The van der Waals surface area contributed by atoms with Crippen LogP contribution in [0.1, 0.15) is 31.2 Å². The molecule has 2 heterocycles. The van der Waals surface area contributed by atoms with E-state index in [2.05, 4.69) is 80.9 Å². The summed E-state index contributed by atoms with van der Waals surface area (Å²) < 4.78 is 18.9. The zero-order valence-corrected chi connectivity index (χ0v) is 24.8. The Bertz CT molecular complexity index is 1510. The van der Waals surface area contributed by atoms with Crippen molar-refractivity contribution in [1.29, 1.82) is 0 Å². The number of nitrogens with zero attached hydrogens (tertiary/aromatic N) is 2. The molecule has 1 saturated heterocycles. The van der Waals surface area contributed by atoms with E-state index < -0.39 is 11.9 Å². The second-order valence-electron chi connectivity index (χ2n) is 10.4. The third-order valence-electron chi connectivity index (χ3n) is 7.30. The smallest absolute Gasteiger partial charge is 0.414 e. The van der Waals surface area contributed by atoms with Gasteiger partial charge < -0.3 is 29.0 Å². The molecule has 0 unspecified atom stereocenters. The summed E-state index contributed by atoms with van der Waals surface area (Å²) in [4.78, 5) is 31.9. The van der Waals surface area contributed by atoms with Crippen LogP contribution < -0.4 is 9.47 Å². The van der Waals surface area contributed by atoms with Crippen LogP contribution in [0.25, 0.3) is 22.2 Å². The average molecular weight is 603 g/mol. The van der Waals surface area contributed by atoms with Crippen LogP contribution in [0.3, 0.4) is 0 Å². The maximum absolute atomic E-state index is 11.3. The van der Waals surface area contributed by atoms with Gasteiger partial charge in [-0.05, 0) is 92.0 Å². The first-order valence-corrected chi connectivity index (χ1v) is 14.6. The number of hydrogen-bond donors (Lipinski definition) is 2. The molecule has 1 fully saturated rings. The Kier molecular flexibility index (Phi) is 11.8. The number of benzene rings is 3. The largest absolute Gasteiger partial charge is 0.494 e. The minimum absolute atomic E-state index is 0.212. The zero-order valence-electron chi connectivity index (χ0n) is 24.8. The number of aliphatic carboxylic acids is 2. The zero-order chi connectivity index (χ0) is 31.3. The van der Waals surface area contributed by atoms with E-state index in [1.807, 2.05) is 12.1 Å². The number of carbonyl (C=O) groups is 3. The number of esters is 1. The fourth-order valence-corrected chi connectivity index (χ4v) is 5.02. The highest BCUT2D eigenvalue weighted by Gasteiger charge is 2.13. The highest BCUT2D eigenvalue weighted by Crippen LogP contribution is 2.30. The molecule has 0 spiro atoms. The van der Waals surface area contributed by atoms with E-state index in [0.717, 1.165) is 42.5 Å². The van der Waals surface area contributed by atoms with Crippen molar-refractivity contribution in [3.8, 4) is 22.8 Å². The number of hydrogen-bond acceptors (Lipinski definition) is 7. The molecule has 0 radical (unpaired) electrons. The summed E-state index contributed by atoms with van der Waals surface area (Å²) in [6, 6.07) is 27.4. The molecule has 0 atom stereocenters. The normalized spacial score (nSPS) is 12.8. The number of rotatable bonds is 12. The van der Waals surface area contributed by atoms with Crippen molar-refractivity contribution in [1.82, 2.24) is 9.47 Å². The molecule has 0 aliphatic carbocycles. The van der Waals surface area contributed by atoms with Crippen LogP contribution >= 0.6 is 0 Å². The number of ether oxygens (including phenoxy) is 3. The Morgan fingerprint density at radius 1 is 0.795 bits per heavy atom. The van der Waals surface area contributed by atoms with Crippen molar-refractivity contribution >= 4 is 28.8 Å².